The van der Waals surface area contributed by atoms with E-state index < -0.39 is 11.2 Å². The van der Waals surface area contributed by atoms with Gasteiger partial charge in [0, 0.05) is 0 Å². The van der Waals surface area contributed by atoms with Crippen LogP contribution < -0.4 is 0 Å². The second-order valence-corrected chi connectivity index (χ2v) is 4.32. The van der Waals surface area contributed by atoms with Gasteiger partial charge in [-0.1, -0.05) is 18.6 Å². The van der Waals surface area contributed by atoms with Crippen LogP contribution in [-0.2, 0) is 4.65 Å². The fourth-order valence-electron chi connectivity index (χ4n) is 0.597. The standard InChI is InChI=1S/C12H18BO2/c1-7-9-10(8-2)13-15-12(5,6)11(3,4)14/h1,8-9,14H,2H2,3-6H3/b10-9+. The maximum Gasteiger partial charge on any atom is 0.331 e. The van der Waals surface area contributed by atoms with Gasteiger partial charge in [0.05, 0.1) is 11.2 Å². The zero-order valence-corrected chi connectivity index (χ0v) is 9.87. The molecule has 0 aromatic carbocycles. The topological polar surface area (TPSA) is 29.5 Å². The Hall–Kier alpha value is -0.975. The van der Waals surface area contributed by atoms with E-state index in [1.807, 2.05) is 0 Å². The smallest absolute Gasteiger partial charge is 0.331 e. The number of hydrogen-bond acceptors (Lipinski definition) is 2. The Morgan fingerprint density at radius 2 is 2.00 bits per heavy atom. The van der Waals surface area contributed by atoms with Crippen LogP contribution in [0, 0.1) is 12.3 Å². The van der Waals surface area contributed by atoms with Gasteiger partial charge in [-0.05, 0) is 39.2 Å². The van der Waals surface area contributed by atoms with Gasteiger partial charge >= 0.3 is 7.48 Å². The summed E-state index contributed by atoms with van der Waals surface area (Å²) in [5.41, 5.74) is -0.926. The van der Waals surface area contributed by atoms with Crippen molar-refractivity contribution in [2.75, 3.05) is 0 Å². The predicted molar refractivity (Wildman–Crippen MR) is 64.3 cm³/mol. The monoisotopic (exact) mass is 205 g/mol. The van der Waals surface area contributed by atoms with E-state index in [2.05, 4.69) is 12.5 Å². The van der Waals surface area contributed by atoms with Crippen molar-refractivity contribution in [2.45, 2.75) is 38.9 Å². The summed E-state index contributed by atoms with van der Waals surface area (Å²) in [7, 11) is 1.50. The molecule has 3 heteroatoms. The Morgan fingerprint density at radius 1 is 1.47 bits per heavy atom. The molecule has 0 atom stereocenters. The Morgan fingerprint density at radius 3 is 2.33 bits per heavy atom. The molecule has 0 saturated carbocycles. The molecule has 0 fully saturated rings. The van der Waals surface area contributed by atoms with Crippen molar-refractivity contribution in [3.05, 3.63) is 24.2 Å². The van der Waals surface area contributed by atoms with Crippen molar-refractivity contribution in [2.24, 2.45) is 0 Å². The number of rotatable bonds is 5. The van der Waals surface area contributed by atoms with Crippen LogP contribution in [-0.4, -0.2) is 23.8 Å². The molecule has 1 radical (unpaired) electrons. The average molecular weight is 205 g/mol. The summed E-state index contributed by atoms with van der Waals surface area (Å²) < 4.78 is 5.49. The van der Waals surface area contributed by atoms with E-state index in [4.69, 9.17) is 11.1 Å². The maximum atomic E-state index is 9.83. The summed E-state index contributed by atoms with van der Waals surface area (Å²) in [5, 5.41) is 9.83. The fraction of sp³-hybridized carbons (Fsp3) is 0.500. The van der Waals surface area contributed by atoms with Gasteiger partial charge in [-0.25, -0.2) is 0 Å². The summed E-state index contributed by atoms with van der Waals surface area (Å²) in [6.07, 6.45) is 8.28. The van der Waals surface area contributed by atoms with E-state index >= 15 is 0 Å². The van der Waals surface area contributed by atoms with Gasteiger partial charge in [-0.3, -0.25) is 0 Å². The molecule has 0 aliphatic heterocycles. The lowest BCUT2D eigenvalue weighted by Gasteiger charge is -2.37. The summed E-state index contributed by atoms with van der Waals surface area (Å²) >= 11 is 0. The van der Waals surface area contributed by atoms with Crippen molar-refractivity contribution in [3.63, 3.8) is 0 Å². The normalized spacial score (nSPS) is 13.2. The molecule has 0 saturated heterocycles. The van der Waals surface area contributed by atoms with Crippen molar-refractivity contribution in [1.82, 2.24) is 0 Å². The lowest BCUT2D eigenvalue weighted by molar-refractivity contribution is -0.0896. The number of aliphatic hydroxyl groups is 1. The highest BCUT2D eigenvalue weighted by atomic mass is 16.5. The minimum absolute atomic E-state index is 0.691. The molecule has 2 nitrogen and oxygen atoms in total. The van der Waals surface area contributed by atoms with E-state index in [0.717, 1.165) is 0 Å². The molecular formula is C12H18BO2. The Bertz CT molecular complexity index is 290. The third kappa shape index (κ3) is 4.37. The zero-order valence-electron chi connectivity index (χ0n) is 9.87. The van der Waals surface area contributed by atoms with E-state index in [1.165, 1.54) is 7.48 Å². The Kier molecular flexibility index (Phi) is 4.87. The van der Waals surface area contributed by atoms with Crippen LogP contribution >= 0.6 is 0 Å². The molecule has 0 aliphatic rings. The van der Waals surface area contributed by atoms with Crippen LogP contribution in [0.4, 0.5) is 0 Å². The summed E-state index contributed by atoms with van der Waals surface area (Å²) in [6.45, 7) is 10.6. The highest BCUT2D eigenvalue weighted by molar-refractivity contribution is 6.39. The first-order valence-electron chi connectivity index (χ1n) is 4.77. The fourth-order valence-corrected chi connectivity index (χ4v) is 0.597. The molecule has 0 rings (SSSR count). The summed E-state index contributed by atoms with van der Waals surface area (Å²) in [4.78, 5) is 0. The third-order valence-corrected chi connectivity index (χ3v) is 2.45. The van der Waals surface area contributed by atoms with Gasteiger partial charge in [0.2, 0.25) is 0 Å². The summed E-state index contributed by atoms with van der Waals surface area (Å²) in [6, 6.07) is 0. The molecule has 15 heavy (non-hydrogen) atoms. The molecule has 0 aromatic heterocycles. The van der Waals surface area contributed by atoms with Crippen LogP contribution in [0.5, 0.6) is 0 Å². The first-order chi connectivity index (χ1) is 6.74. The third-order valence-electron chi connectivity index (χ3n) is 2.45. The molecule has 81 valence electrons. The van der Waals surface area contributed by atoms with Crippen LogP contribution in [0.1, 0.15) is 27.7 Å². The molecule has 0 amide bonds. The SMILES string of the molecule is C#C/C=C(/[B]OC(C)(C)C(C)(C)O)C=C. The van der Waals surface area contributed by atoms with Gasteiger partial charge in [0.1, 0.15) is 0 Å². The molecule has 0 bridgehead atoms. The quantitative estimate of drug-likeness (QED) is 0.421. The molecule has 0 aromatic rings. The highest BCUT2D eigenvalue weighted by Crippen LogP contribution is 2.24. The molecule has 0 heterocycles. The van der Waals surface area contributed by atoms with Gasteiger partial charge in [0.15, 0.2) is 0 Å². The molecular weight excluding hydrogens is 187 g/mol. The second kappa shape index (κ2) is 5.20. The first-order valence-corrected chi connectivity index (χ1v) is 4.77. The summed E-state index contributed by atoms with van der Waals surface area (Å²) in [5.74, 6) is 2.39. The first kappa shape index (κ1) is 14.0. The molecule has 0 unspecified atom stereocenters. The molecule has 1 N–H and O–H groups in total. The van der Waals surface area contributed by atoms with Crippen LogP contribution in [0.3, 0.4) is 0 Å². The molecule has 0 spiro atoms. The predicted octanol–water partition coefficient (Wildman–Crippen LogP) is 1.87. The highest BCUT2D eigenvalue weighted by Gasteiger charge is 2.35. The van der Waals surface area contributed by atoms with Crippen LogP contribution in [0.15, 0.2) is 24.2 Å². The second-order valence-electron chi connectivity index (χ2n) is 4.32. The average Bonchev–Trinajstić information content (AvgIpc) is 2.10. The number of allylic oxidation sites excluding steroid dienone is 3. The van der Waals surface area contributed by atoms with Gasteiger partial charge in [0.25, 0.3) is 0 Å². The Labute approximate surface area is 93.3 Å². The maximum absolute atomic E-state index is 9.83. The van der Waals surface area contributed by atoms with E-state index in [0.29, 0.717) is 5.47 Å². The minimum Gasteiger partial charge on any atom is -0.427 e. The van der Waals surface area contributed by atoms with Gasteiger partial charge in [-0.15, -0.1) is 6.42 Å². The van der Waals surface area contributed by atoms with E-state index in [1.54, 1.807) is 39.8 Å². The minimum atomic E-state index is -0.939. The lowest BCUT2D eigenvalue weighted by atomic mass is 9.82. The van der Waals surface area contributed by atoms with Crippen LogP contribution in [0.25, 0.3) is 0 Å². The largest absolute Gasteiger partial charge is 0.427 e. The Balaban J connectivity index is 4.46. The molecule has 0 aliphatic carbocycles. The van der Waals surface area contributed by atoms with E-state index in [9.17, 15) is 5.11 Å². The van der Waals surface area contributed by atoms with Crippen molar-refractivity contribution < 1.29 is 9.76 Å². The zero-order chi connectivity index (χ0) is 12.1. The number of terminal acetylenes is 1. The van der Waals surface area contributed by atoms with Crippen molar-refractivity contribution in [3.8, 4) is 12.3 Å². The van der Waals surface area contributed by atoms with Crippen LogP contribution in [0.2, 0.25) is 0 Å². The van der Waals surface area contributed by atoms with Gasteiger partial charge < -0.3 is 9.76 Å². The van der Waals surface area contributed by atoms with E-state index in [-0.39, 0.29) is 0 Å². The number of hydrogen-bond donors (Lipinski definition) is 1. The van der Waals surface area contributed by atoms with Crippen molar-refractivity contribution in [1.29, 1.82) is 0 Å². The lowest BCUT2D eigenvalue weighted by Crippen LogP contribution is -2.48. The van der Waals surface area contributed by atoms with Gasteiger partial charge in [-0.2, -0.15) is 0 Å². The van der Waals surface area contributed by atoms with Crippen molar-refractivity contribution >= 4 is 7.48 Å².